The number of aromatic amines is 1. The SMILES string of the molecule is CN(Cc1ccccc1)C(=O)c1cc(C(=O)NCCS(C)(=O)=O)c[nH]c1=O. The number of benzene rings is 1. The number of nitrogens with one attached hydrogen (secondary N) is 2. The van der Waals surface area contributed by atoms with Gasteiger partial charge in [-0.2, -0.15) is 0 Å². The summed E-state index contributed by atoms with van der Waals surface area (Å²) in [4.78, 5) is 40.5. The Bertz CT molecular complexity index is 984. The zero-order valence-corrected chi connectivity index (χ0v) is 15.9. The number of hydrogen-bond acceptors (Lipinski definition) is 5. The molecule has 0 unspecified atom stereocenters. The molecule has 1 aromatic heterocycles. The maximum atomic E-state index is 12.6. The van der Waals surface area contributed by atoms with Crippen LogP contribution in [0.3, 0.4) is 0 Å². The highest BCUT2D eigenvalue weighted by Crippen LogP contribution is 2.07. The molecule has 0 aliphatic heterocycles. The number of nitrogens with zero attached hydrogens (tertiary/aromatic N) is 1. The lowest BCUT2D eigenvalue weighted by atomic mass is 10.1. The number of carbonyl (C=O) groups is 2. The quantitative estimate of drug-likeness (QED) is 0.710. The molecule has 8 nitrogen and oxygen atoms in total. The van der Waals surface area contributed by atoms with E-state index in [2.05, 4.69) is 10.3 Å². The van der Waals surface area contributed by atoms with Crippen molar-refractivity contribution in [3.05, 3.63) is 69.6 Å². The van der Waals surface area contributed by atoms with Crippen molar-refractivity contribution < 1.29 is 18.0 Å². The van der Waals surface area contributed by atoms with Gasteiger partial charge in [-0.05, 0) is 11.6 Å². The number of pyridine rings is 1. The zero-order valence-electron chi connectivity index (χ0n) is 15.1. The first-order chi connectivity index (χ1) is 12.7. The molecule has 0 aliphatic carbocycles. The van der Waals surface area contributed by atoms with Gasteiger partial charge in [-0.1, -0.05) is 30.3 Å². The Kier molecular flexibility index (Phi) is 6.51. The Hall–Kier alpha value is -2.94. The van der Waals surface area contributed by atoms with E-state index in [1.54, 1.807) is 7.05 Å². The molecule has 9 heteroatoms. The van der Waals surface area contributed by atoms with E-state index in [0.29, 0.717) is 6.54 Å². The third-order valence-corrected chi connectivity index (χ3v) is 4.71. The van der Waals surface area contributed by atoms with E-state index in [-0.39, 0.29) is 23.4 Å². The number of hydrogen-bond donors (Lipinski definition) is 2. The average Bonchev–Trinajstić information content (AvgIpc) is 2.61. The van der Waals surface area contributed by atoms with Crippen LogP contribution in [0.2, 0.25) is 0 Å². The van der Waals surface area contributed by atoms with Crippen LogP contribution in [-0.4, -0.2) is 55.7 Å². The average molecular weight is 391 g/mol. The first-order valence-corrected chi connectivity index (χ1v) is 10.2. The highest BCUT2D eigenvalue weighted by Gasteiger charge is 2.18. The molecule has 1 aromatic carbocycles. The maximum absolute atomic E-state index is 12.6. The molecule has 27 heavy (non-hydrogen) atoms. The normalized spacial score (nSPS) is 11.0. The summed E-state index contributed by atoms with van der Waals surface area (Å²) in [6.07, 6.45) is 2.25. The lowest BCUT2D eigenvalue weighted by Crippen LogP contribution is -2.33. The summed E-state index contributed by atoms with van der Waals surface area (Å²) in [5.74, 6) is -1.30. The molecule has 2 aromatic rings. The van der Waals surface area contributed by atoms with Gasteiger partial charge >= 0.3 is 0 Å². The van der Waals surface area contributed by atoms with E-state index in [1.165, 1.54) is 17.2 Å². The van der Waals surface area contributed by atoms with Crippen LogP contribution in [0, 0.1) is 0 Å². The number of sulfone groups is 1. The van der Waals surface area contributed by atoms with Gasteiger partial charge in [0, 0.05) is 32.6 Å². The predicted molar refractivity (Wildman–Crippen MR) is 101 cm³/mol. The van der Waals surface area contributed by atoms with Crippen LogP contribution in [0.5, 0.6) is 0 Å². The summed E-state index contributed by atoms with van der Waals surface area (Å²) >= 11 is 0. The van der Waals surface area contributed by atoms with Crippen molar-refractivity contribution in [3.63, 3.8) is 0 Å². The van der Waals surface area contributed by atoms with Gasteiger partial charge in [-0.25, -0.2) is 8.42 Å². The Morgan fingerprint density at radius 1 is 1.19 bits per heavy atom. The fourth-order valence-corrected chi connectivity index (χ4v) is 2.83. The lowest BCUT2D eigenvalue weighted by molar-refractivity contribution is 0.0783. The lowest BCUT2D eigenvalue weighted by Gasteiger charge is -2.17. The molecule has 0 radical (unpaired) electrons. The van der Waals surface area contributed by atoms with E-state index in [1.807, 2.05) is 30.3 Å². The minimum absolute atomic E-state index is 0.0615. The van der Waals surface area contributed by atoms with Gasteiger partial charge in [0.05, 0.1) is 11.3 Å². The Morgan fingerprint density at radius 2 is 1.85 bits per heavy atom. The molecular weight excluding hydrogens is 370 g/mol. The van der Waals surface area contributed by atoms with E-state index < -0.39 is 27.2 Å². The number of rotatable bonds is 7. The zero-order chi connectivity index (χ0) is 20.0. The third kappa shape index (κ3) is 6.07. The van der Waals surface area contributed by atoms with Crippen molar-refractivity contribution in [2.24, 2.45) is 0 Å². The largest absolute Gasteiger partial charge is 0.351 e. The van der Waals surface area contributed by atoms with Gasteiger partial charge in [0.1, 0.15) is 15.4 Å². The van der Waals surface area contributed by atoms with Gasteiger partial charge in [-0.15, -0.1) is 0 Å². The first kappa shape index (κ1) is 20.4. The Balaban J connectivity index is 2.12. The van der Waals surface area contributed by atoms with Gasteiger partial charge in [0.25, 0.3) is 17.4 Å². The monoisotopic (exact) mass is 391 g/mol. The first-order valence-electron chi connectivity index (χ1n) is 8.15. The van der Waals surface area contributed by atoms with Crippen LogP contribution in [0.15, 0.2) is 47.4 Å². The van der Waals surface area contributed by atoms with E-state index in [9.17, 15) is 22.8 Å². The molecule has 0 bridgehead atoms. The molecule has 0 aliphatic rings. The highest BCUT2D eigenvalue weighted by atomic mass is 32.2. The molecule has 2 N–H and O–H groups in total. The third-order valence-electron chi connectivity index (χ3n) is 3.76. The minimum Gasteiger partial charge on any atom is -0.351 e. The van der Waals surface area contributed by atoms with Crippen LogP contribution in [0.4, 0.5) is 0 Å². The number of aromatic nitrogens is 1. The Morgan fingerprint density at radius 3 is 2.48 bits per heavy atom. The van der Waals surface area contributed by atoms with E-state index >= 15 is 0 Å². The van der Waals surface area contributed by atoms with E-state index in [0.717, 1.165) is 11.8 Å². The topological polar surface area (TPSA) is 116 Å². The maximum Gasteiger partial charge on any atom is 0.260 e. The number of carbonyl (C=O) groups excluding carboxylic acids is 2. The van der Waals surface area contributed by atoms with Crippen molar-refractivity contribution in [3.8, 4) is 0 Å². The predicted octanol–water partition coefficient (Wildman–Crippen LogP) is 0.421. The standard InChI is InChI=1S/C18H21N3O5S/c1-21(12-13-6-4-3-5-7-13)18(24)15-10-14(11-20-17(15)23)16(22)19-8-9-27(2,25)26/h3-7,10-11H,8-9,12H2,1-2H3,(H,19,22)(H,20,23). The van der Waals surface area contributed by atoms with Crippen LogP contribution >= 0.6 is 0 Å². The molecule has 0 saturated carbocycles. The molecule has 0 fully saturated rings. The minimum atomic E-state index is -3.20. The van der Waals surface area contributed by atoms with Crippen LogP contribution < -0.4 is 10.9 Å². The van der Waals surface area contributed by atoms with Crippen LogP contribution in [0.1, 0.15) is 26.3 Å². The van der Waals surface area contributed by atoms with Crippen molar-refractivity contribution in [2.45, 2.75) is 6.54 Å². The molecular formula is C18H21N3O5S. The molecule has 2 rings (SSSR count). The molecule has 0 spiro atoms. The summed E-state index contributed by atoms with van der Waals surface area (Å²) < 4.78 is 22.2. The smallest absolute Gasteiger partial charge is 0.260 e. The second kappa shape index (κ2) is 8.63. The van der Waals surface area contributed by atoms with Crippen molar-refractivity contribution >= 4 is 21.7 Å². The van der Waals surface area contributed by atoms with Gasteiger partial charge in [0.2, 0.25) is 0 Å². The number of H-pyrrole nitrogens is 1. The molecule has 2 amide bonds. The van der Waals surface area contributed by atoms with Gasteiger partial charge < -0.3 is 15.2 Å². The highest BCUT2D eigenvalue weighted by molar-refractivity contribution is 7.90. The van der Waals surface area contributed by atoms with Crippen molar-refractivity contribution in [1.29, 1.82) is 0 Å². The molecule has 0 saturated heterocycles. The molecule has 144 valence electrons. The molecule has 1 heterocycles. The summed E-state index contributed by atoms with van der Waals surface area (Å²) in [6.45, 7) is 0.248. The van der Waals surface area contributed by atoms with Crippen LogP contribution in [-0.2, 0) is 16.4 Å². The second-order valence-corrected chi connectivity index (χ2v) is 8.42. The fourth-order valence-electron chi connectivity index (χ4n) is 2.36. The van der Waals surface area contributed by atoms with Gasteiger partial charge in [0.15, 0.2) is 0 Å². The van der Waals surface area contributed by atoms with E-state index in [4.69, 9.17) is 0 Å². The fraction of sp³-hybridized carbons (Fsp3) is 0.278. The summed E-state index contributed by atoms with van der Waals surface area (Å²) in [5.41, 5.74) is 0.204. The number of amides is 2. The Labute approximate surface area is 157 Å². The summed E-state index contributed by atoms with van der Waals surface area (Å²) in [6, 6.07) is 10.5. The second-order valence-electron chi connectivity index (χ2n) is 6.16. The summed E-state index contributed by atoms with van der Waals surface area (Å²) in [5, 5.41) is 2.45. The van der Waals surface area contributed by atoms with Crippen molar-refractivity contribution in [2.75, 3.05) is 25.6 Å². The van der Waals surface area contributed by atoms with Crippen molar-refractivity contribution in [1.82, 2.24) is 15.2 Å². The van der Waals surface area contributed by atoms with Gasteiger partial charge in [-0.3, -0.25) is 14.4 Å². The molecule has 0 atom stereocenters. The summed E-state index contributed by atoms with van der Waals surface area (Å²) in [7, 11) is -1.64. The van der Waals surface area contributed by atoms with Crippen LogP contribution in [0.25, 0.3) is 0 Å².